The normalized spacial score (nSPS) is 31.3. The minimum Gasteiger partial charge on any atom is -0.0629 e. The third-order valence-corrected chi connectivity index (χ3v) is 7.49. The summed E-state index contributed by atoms with van der Waals surface area (Å²) < 4.78 is 0. The summed E-state index contributed by atoms with van der Waals surface area (Å²) in [4.78, 5) is 0. The van der Waals surface area contributed by atoms with E-state index in [4.69, 9.17) is 0 Å². The van der Waals surface area contributed by atoms with Crippen molar-refractivity contribution in [1.82, 2.24) is 0 Å². The maximum absolute atomic E-state index is 2.41. The molecule has 0 bridgehead atoms. The van der Waals surface area contributed by atoms with Crippen LogP contribution in [0.1, 0.15) is 85.5 Å². The van der Waals surface area contributed by atoms with Gasteiger partial charge in [0, 0.05) is 11.8 Å². The van der Waals surface area contributed by atoms with Crippen molar-refractivity contribution in [2.45, 2.75) is 85.5 Å². The van der Waals surface area contributed by atoms with Crippen LogP contribution >= 0.6 is 0 Å². The summed E-state index contributed by atoms with van der Waals surface area (Å²) >= 11 is 0. The molecule has 2 atom stereocenters. The maximum atomic E-state index is 2.41. The molecule has 2 unspecified atom stereocenters. The summed E-state index contributed by atoms with van der Waals surface area (Å²) in [5, 5.41) is 0. The summed E-state index contributed by atoms with van der Waals surface area (Å²) in [5.41, 5.74) is 13.8. The minimum atomic E-state index is 0.799. The highest BCUT2D eigenvalue weighted by Crippen LogP contribution is 2.51. The smallest absolute Gasteiger partial charge is 0.00219 e. The van der Waals surface area contributed by atoms with Crippen LogP contribution in [0.2, 0.25) is 0 Å². The molecule has 4 rings (SSSR count). The van der Waals surface area contributed by atoms with Gasteiger partial charge in [0.25, 0.3) is 0 Å². The van der Waals surface area contributed by atoms with Crippen molar-refractivity contribution in [2.24, 2.45) is 11.8 Å². The molecule has 0 aromatic heterocycles. The molecule has 4 aliphatic rings. The Labute approximate surface area is 142 Å². The molecule has 124 valence electrons. The Balaban J connectivity index is 1.68. The average Bonchev–Trinajstić information content (AvgIpc) is 2.97. The van der Waals surface area contributed by atoms with Crippen molar-refractivity contribution in [3.05, 3.63) is 44.6 Å². The van der Waals surface area contributed by atoms with Gasteiger partial charge in [0.05, 0.1) is 0 Å². The van der Waals surface area contributed by atoms with Crippen LogP contribution in [0.5, 0.6) is 0 Å². The lowest BCUT2D eigenvalue weighted by Crippen LogP contribution is -2.12. The van der Waals surface area contributed by atoms with Gasteiger partial charge in [-0.3, -0.25) is 0 Å². The van der Waals surface area contributed by atoms with Gasteiger partial charge in [0.15, 0.2) is 0 Å². The molecule has 0 aromatic rings. The molecular weight excluding hydrogens is 276 g/mol. The first-order chi connectivity index (χ1) is 11.1. The van der Waals surface area contributed by atoms with E-state index in [1.54, 1.807) is 39.0 Å². The summed E-state index contributed by atoms with van der Waals surface area (Å²) in [6, 6.07) is 0. The molecule has 4 aliphatic carbocycles. The zero-order valence-electron chi connectivity index (χ0n) is 15.5. The molecule has 0 heterocycles. The topological polar surface area (TPSA) is 0 Å². The van der Waals surface area contributed by atoms with E-state index in [1.165, 1.54) is 57.8 Å². The highest BCUT2D eigenvalue weighted by atomic mass is 14.4. The molecule has 2 fully saturated rings. The summed E-state index contributed by atoms with van der Waals surface area (Å²) in [6.07, 6.45) is 12.5. The van der Waals surface area contributed by atoms with Crippen molar-refractivity contribution in [3.8, 4) is 0 Å². The lowest BCUT2D eigenvalue weighted by atomic mass is 9.78. The molecule has 23 heavy (non-hydrogen) atoms. The van der Waals surface area contributed by atoms with Crippen molar-refractivity contribution in [3.63, 3.8) is 0 Å². The van der Waals surface area contributed by atoms with E-state index in [0.717, 1.165) is 11.8 Å². The van der Waals surface area contributed by atoms with Crippen molar-refractivity contribution >= 4 is 0 Å². The molecule has 0 aliphatic heterocycles. The molecule has 2 saturated carbocycles. The van der Waals surface area contributed by atoms with E-state index in [9.17, 15) is 0 Å². The molecule has 0 amide bonds. The second kappa shape index (κ2) is 5.80. The Bertz CT molecular complexity index is 662. The number of hydrogen-bond acceptors (Lipinski definition) is 0. The summed E-state index contributed by atoms with van der Waals surface area (Å²) in [5.74, 6) is 1.61. The molecule has 0 saturated heterocycles. The first-order valence-corrected chi connectivity index (χ1v) is 9.89. The Morgan fingerprint density at radius 2 is 1.35 bits per heavy atom. The van der Waals surface area contributed by atoms with Crippen LogP contribution in [-0.2, 0) is 0 Å². The van der Waals surface area contributed by atoms with Crippen molar-refractivity contribution in [1.29, 1.82) is 0 Å². The van der Waals surface area contributed by atoms with Gasteiger partial charge < -0.3 is 0 Å². The predicted octanol–water partition coefficient (Wildman–Crippen LogP) is 7.05. The van der Waals surface area contributed by atoms with E-state index in [-0.39, 0.29) is 0 Å². The van der Waals surface area contributed by atoms with Gasteiger partial charge in [0.1, 0.15) is 0 Å². The number of allylic oxidation sites excluding steroid dienone is 8. The largest absolute Gasteiger partial charge is 0.0629 e. The Morgan fingerprint density at radius 1 is 0.696 bits per heavy atom. The van der Waals surface area contributed by atoms with Gasteiger partial charge in [-0.25, -0.2) is 0 Å². The first-order valence-electron chi connectivity index (χ1n) is 9.89. The fourth-order valence-electron chi connectivity index (χ4n) is 5.87. The van der Waals surface area contributed by atoms with Gasteiger partial charge in [-0.05, 0) is 94.9 Å². The lowest BCUT2D eigenvalue weighted by Gasteiger charge is -2.26. The van der Waals surface area contributed by atoms with E-state index in [2.05, 4.69) is 27.7 Å². The fraction of sp³-hybridized carbons (Fsp3) is 0.652. The van der Waals surface area contributed by atoms with Crippen LogP contribution in [0.4, 0.5) is 0 Å². The Kier molecular flexibility index (Phi) is 3.90. The van der Waals surface area contributed by atoms with E-state index in [1.807, 2.05) is 5.57 Å². The Hall–Kier alpha value is -1.04. The van der Waals surface area contributed by atoms with E-state index < -0.39 is 0 Å². The Morgan fingerprint density at radius 3 is 2.09 bits per heavy atom. The van der Waals surface area contributed by atoms with E-state index >= 15 is 0 Å². The van der Waals surface area contributed by atoms with Crippen LogP contribution in [0.3, 0.4) is 0 Å². The molecule has 0 radical (unpaired) electrons. The number of hydrogen-bond donors (Lipinski definition) is 0. The average molecular weight is 309 g/mol. The van der Waals surface area contributed by atoms with Crippen molar-refractivity contribution < 1.29 is 0 Å². The minimum absolute atomic E-state index is 0.799. The second-order valence-corrected chi connectivity index (χ2v) is 8.39. The van der Waals surface area contributed by atoms with Crippen LogP contribution in [0.25, 0.3) is 0 Å². The van der Waals surface area contributed by atoms with Gasteiger partial charge in [0.2, 0.25) is 0 Å². The first kappa shape index (κ1) is 15.5. The zero-order valence-corrected chi connectivity index (χ0v) is 15.5. The standard InChI is InChI=1S/C23H32/c1-14-16(3)22(20-11-7-5-9-18(14)20)13-23-17(4)15(2)19-10-6-8-12-21(19)23/h18,21H,5-13H2,1-4H3. The molecule has 0 N–H and O–H groups in total. The van der Waals surface area contributed by atoms with Crippen LogP contribution < -0.4 is 0 Å². The molecule has 0 aromatic carbocycles. The lowest BCUT2D eigenvalue weighted by molar-refractivity contribution is 0.495. The van der Waals surface area contributed by atoms with Crippen molar-refractivity contribution in [2.75, 3.05) is 0 Å². The van der Waals surface area contributed by atoms with Gasteiger partial charge in [-0.2, -0.15) is 0 Å². The molecule has 0 heteroatoms. The predicted molar refractivity (Wildman–Crippen MR) is 99.3 cm³/mol. The third-order valence-electron chi connectivity index (χ3n) is 7.49. The SMILES string of the molecule is CC1=C(C)C2CCCCC2=C1CC1=C(C)C(C)=C2CCCCC21. The third kappa shape index (κ3) is 2.32. The maximum Gasteiger partial charge on any atom is 0.00219 e. The number of fused-ring (bicyclic) bond motifs is 2. The highest BCUT2D eigenvalue weighted by molar-refractivity contribution is 5.55. The van der Waals surface area contributed by atoms with Crippen LogP contribution in [0.15, 0.2) is 44.6 Å². The fourth-order valence-corrected chi connectivity index (χ4v) is 5.87. The van der Waals surface area contributed by atoms with Gasteiger partial charge >= 0.3 is 0 Å². The van der Waals surface area contributed by atoms with Crippen LogP contribution in [0, 0.1) is 11.8 Å². The van der Waals surface area contributed by atoms with E-state index in [0.29, 0.717) is 0 Å². The van der Waals surface area contributed by atoms with Crippen LogP contribution in [-0.4, -0.2) is 0 Å². The second-order valence-electron chi connectivity index (χ2n) is 8.39. The summed E-state index contributed by atoms with van der Waals surface area (Å²) in [7, 11) is 0. The zero-order chi connectivity index (χ0) is 16.1. The van der Waals surface area contributed by atoms with Gasteiger partial charge in [-0.1, -0.05) is 35.1 Å². The number of rotatable bonds is 2. The van der Waals surface area contributed by atoms with Gasteiger partial charge in [-0.15, -0.1) is 0 Å². The molecular formula is C23H32. The quantitative estimate of drug-likeness (QED) is 0.512. The molecule has 0 nitrogen and oxygen atoms in total. The molecule has 0 spiro atoms. The highest BCUT2D eigenvalue weighted by Gasteiger charge is 2.35. The monoisotopic (exact) mass is 308 g/mol. The summed E-state index contributed by atoms with van der Waals surface area (Å²) in [6.45, 7) is 9.60.